The van der Waals surface area contributed by atoms with Crippen LogP contribution in [0.25, 0.3) is 0 Å². The first-order valence-electron chi connectivity index (χ1n) is 6.60. The van der Waals surface area contributed by atoms with E-state index in [4.69, 9.17) is 9.47 Å². The smallest absolute Gasteiger partial charge is 0.180 e. The van der Waals surface area contributed by atoms with Crippen LogP contribution < -0.4 is 14.4 Å². The number of Topliss-reactive ketones (excluding diaryl/α,β-unsaturated/α-hetero) is 1. The second-order valence-electron chi connectivity index (χ2n) is 4.67. The number of halogens is 1. The molecule has 0 bridgehead atoms. The third kappa shape index (κ3) is 3.22. The van der Waals surface area contributed by atoms with E-state index in [-0.39, 0.29) is 5.78 Å². The van der Waals surface area contributed by atoms with Gasteiger partial charge in [0.1, 0.15) is 17.2 Å². The molecular weight excluding hydrogens is 348 g/mol. The molecule has 0 atom stereocenters. The summed E-state index contributed by atoms with van der Waals surface area (Å²) in [5.41, 5.74) is 1.92. The van der Waals surface area contributed by atoms with Gasteiger partial charge < -0.3 is 14.4 Å². The molecule has 116 valence electrons. The van der Waals surface area contributed by atoms with Crippen molar-refractivity contribution in [3.8, 4) is 11.5 Å². The summed E-state index contributed by atoms with van der Waals surface area (Å²) in [6.07, 6.45) is 1.61. The largest absolute Gasteiger partial charge is 0.497 e. The third-order valence-corrected chi connectivity index (χ3v) is 3.71. The highest BCUT2D eigenvalue weighted by atomic mass is 79.9. The maximum atomic E-state index is 11.8. The molecule has 0 saturated carbocycles. The van der Waals surface area contributed by atoms with E-state index in [0.29, 0.717) is 22.9 Å². The number of aromatic nitrogens is 1. The summed E-state index contributed by atoms with van der Waals surface area (Å²) in [6, 6.07) is 7.37. The minimum Gasteiger partial charge on any atom is -0.497 e. The second-order valence-corrected chi connectivity index (χ2v) is 5.59. The normalized spacial score (nSPS) is 10.2. The molecular formula is C16H17BrN2O3. The predicted molar refractivity (Wildman–Crippen MR) is 89.6 cm³/mol. The lowest BCUT2D eigenvalue weighted by Crippen LogP contribution is -2.15. The van der Waals surface area contributed by atoms with Gasteiger partial charge in [-0.25, -0.2) is 4.98 Å². The highest BCUT2D eigenvalue weighted by Gasteiger charge is 2.18. The van der Waals surface area contributed by atoms with Crippen molar-refractivity contribution in [3.05, 3.63) is 40.6 Å². The Morgan fingerprint density at radius 3 is 2.50 bits per heavy atom. The molecule has 0 radical (unpaired) electrons. The van der Waals surface area contributed by atoms with Gasteiger partial charge in [-0.05, 0) is 34.1 Å². The Bertz CT molecular complexity index is 704. The van der Waals surface area contributed by atoms with E-state index < -0.39 is 0 Å². The topological polar surface area (TPSA) is 51.7 Å². The van der Waals surface area contributed by atoms with Gasteiger partial charge in [-0.1, -0.05) is 0 Å². The van der Waals surface area contributed by atoms with Crippen LogP contribution in [-0.4, -0.2) is 32.0 Å². The van der Waals surface area contributed by atoms with Crippen molar-refractivity contribution < 1.29 is 14.3 Å². The number of rotatable bonds is 5. The van der Waals surface area contributed by atoms with Crippen molar-refractivity contribution in [3.63, 3.8) is 0 Å². The molecule has 5 nitrogen and oxygen atoms in total. The van der Waals surface area contributed by atoms with Crippen LogP contribution >= 0.6 is 15.9 Å². The van der Waals surface area contributed by atoms with Crippen molar-refractivity contribution in [1.82, 2.24) is 4.98 Å². The van der Waals surface area contributed by atoms with E-state index in [1.165, 1.54) is 6.92 Å². The second kappa shape index (κ2) is 6.79. The molecule has 6 heteroatoms. The van der Waals surface area contributed by atoms with Crippen molar-refractivity contribution >= 4 is 33.1 Å². The van der Waals surface area contributed by atoms with E-state index >= 15 is 0 Å². The van der Waals surface area contributed by atoms with Gasteiger partial charge in [-0.15, -0.1) is 0 Å². The molecule has 0 fully saturated rings. The fourth-order valence-electron chi connectivity index (χ4n) is 2.15. The first-order valence-corrected chi connectivity index (χ1v) is 7.39. The zero-order valence-corrected chi connectivity index (χ0v) is 14.5. The number of carbonyl (C=O) groups is 1. The van der Waals surface area contributed by atoms with E-state index in [9.17, 15) is 4.79 Å². The van der Waals surface area contributed by atoms with Crippen LogP contribution in [0, 0.1) is 0 Å². The Morgan fingerprint density at radius 1 is 1.18 bits per heavy atom. The number of hydrogen-bond acceptors (Lipinski definition) is 5. The number of hydrogen-bond donors (Lipinski definition) is 0. The van der Waals surface area contributed by atoms with Gasteiger partial charge in [0.05, 0.1) is 25.6 Å². The molecule has 1 heterocycles. The van der Waals surface area contributed by atoms with E-state index in [1.807, 2.05) is 30.1 Å². The van der Waals surface area contributed by atoms with Gasteiger partial charge in [0, 0.05) is 30.7 Å². The van der Waals surface area contributed by atoms with Crippen LogP contribution in [0.15, 0.2) is 34.9 Å². The number of ketones is 1. The van der Waals surface area contributed by atoms with Gasteiger partial charge in [-0.3, -0.25) is 4.79 Å². The standard InChI is InChI=1S/C16H17BrN2O3/c1-10(20)16-14(7-11(17)9-18-16)19(2)13-6-5-12(21-3)8-15(13)22-4/h5-9H,1-4H3. The minimum absolute atomic E-state index is 0.0955. The summed E-state index contributed by atoms with van der Waals surface area (Å²) >= 11 is 3.39. The molecule has 0 aliphatic rings. The number of pyridine rings is 1. The molecule has 2 rings (SSSR count). The quantitative estimate of drug-likeness (QED) is 0.754. The first-order chi connectivity index (χ1) is 10.5. The molecule has 0 spiro atoms. The molecule has 0 unspecified atom stereocenters. The predicted octanol–water partition coefficient (Wildman–Crippen LogP) is 3.83. The number of nitrogens with zero attached hydrogens (tertiary/aromatic N) is 2. The van der Waals surface area contributed by atoms with Crippen molar-refractivity contribution in [2.24, 2.45) is 0 Å². The highest BCUT2D eigenvalue weighted by Crippen LogP contribution is 2.37. The van der Waals surface area contributed by atoms with E-state index in [1.54, 1.807) is 26.5 Å². The number of methoxy groups -OCH3 is 2. The van der Waals surface area contributed by atoms with Crippen LogP contribution in [0.4, 0.5) is 11.4 Å². The van der Waals surface area contributed by atoms with Crippen LogP contribution in [0.1, 0.15) is 17.4 Å². The Balaban J connectivity index is 2.54. The molecule has 0 N–H and O–H groups in total. The summed E-state index contributed by atoms with van der Waals surface area (Å²) in [4.78, 5) is 17.9. The van der Waals surface area contributed by atoms with Crippen LogP contribution in [-0.2, 0) is 0 Å². The zero-order valence-electron chi connectivity index (χ0n) is 12.9. The molecule has 1 aromatic carbocycles. The Labute approximate surface area is 138 Å². The van der Waals surface area contributed by atoms with Crippen LogP contribution in [0.2, 0.25) is 0 Å². The summed E-state index contributed by atoms with van der Waals surface area (Å²) in [7, 11) is 5.06. The zero-order chi connectivity index (χ0) is 16.3. The van der Waals surface area contributed by atoms with Gasteiger partial charge in [0.25, 0.3) is 0 Å². The average molecular weight is 365 g/mol. The molecule has 0 aliphatic carbocycles. The first kappa shape index (κ1) is 16.3. The molecule has 0 aliphatic heterocycles. The summed E-state index contributed by atoms with van der Waals surface area (Å²) in [5, 5.41) is 0. The Morgan fingerprint density at radius 2 is 1.91 bits per heavy atom. The monoisotopic (exact) mass is 364 g/mol. The Hall–Kier alpha value is -2.08. The maximum Gasteiger partial charge on any atom is 0.180 e. The lowest BCUT2D eigenvalue weighted by atomic mass is 10.2. The van der Waals surface area contributed by atoms with Gasteiger partial charge in [0.15, 0.2) is 5.78 Å². The molecule has 0 amide bonds. The van der Waals surface area contributed by atoms with Crippen LogP contribution in [0.3, 0.4) is 0 Å². The highest BCUT2D eigenvalue weighted by molar-refractivity contribution is 9.10. The molecule has 2 aromatic rings. The SMILES string of the molecule is COc1ccc(N(C)c2cc(Br)cnc2C(C)=O)c(OC)c1. The number of carbonyl (C=O) groups excluding carboxylic acids is 1. The molecule has 0 saturated heterocycles. The van der Waals surface area contributed by atoms with Gasteiger partial charge in [0.2, 0.25) is 0 Å². The third-order valence-electron chi connectivity index (χ3n) is 3.28. The van der Waals surface area contributed by atoms with Gasteiger partial charge >= 0.3 is 0 Å². The van der Waals surface area contributed by atoms with Crippen molar-refractivity contribution in [1.29, 1.82) is 0 Å². The number of ether oxygens (including phenoxy) is 2. The lowest BCUT2D eigenvalue weighted by Gasteiger charge is -2.23. The summed E-state index contributed by atoms with van der Waals surface area (Å²) < 4.78 is 11.4. The van der Waals surface area contributed by atoms with Crippen molar-refractivity contribution in [2.75, 3.05) is 26.2 Å². The van der Waals surface area contributed by atoms with E-state index in [2.05, 4.69) is 20.9 Å². The number of benzene rings is 1. The summed E-state index contributed by atoms with van der Waals surface area (Å²) in [6.45, 7) is 1.50. The maximum absolute atomic E-state index is 11.8. The fourth-order valence-corrected chi connectivity index (χ4v) is 2.47. The van der Waals surface area contributed by atoms with Gasteiger partial charge in [-0.2, -0.15) is 0 Å². The molecule has 1 aromatic heterocycles. The number of anilines is 2. The summed E-state index contributed by atoms with van der Waals surface area (Å²) in [5.74, 6) is 1.26. The van der Waals surface area contributed by atoms with Crippen LogP contribution in [0.5, 0.6) is 11.5 Å². The van der Waals surface area contributed by atoms with E-state index in [0.717, 1.165) is 10.2 Å². The minimum atomic E-state index is -0.0955. The molecule has 22 heavy (non-hydrogen) atoms. The lowest BCUT2D eigenvalue weighted by molar-refractivity contribution is 0.101. The Kier molecular flexibility index (Phi) is 5.03. The fraction of sp³-hybridized carbons (Fsp3) is 0.250. The average Bonchev–Trinajstić information content (AvgIpc) is 2.53. The van der Waals surface area contributed by atoms with Crippen molar-refractivity contribution in [2.45, 2.75) is 6.92 Å².